The highest BCUT2D eigenvalue weighted by Gasteiger charge is 2.43. The average Bonchev–Trinajstić information content (AvgIpc) is 2.77. The van der Waals surface area contributed by atoms with E-state index in [0.717, 1.165) is 49.1 Å². The number of anilines is 1. The maximum atomic E-state index is 12.7. The summed E-state index contributed by atoms with van der Waals surface area (Å²) in [5.41, 5.74) is 1.14. The average molecular weight is 425 g/mol. The van der Waals surface area contributed by atoms with Gasteiger partial charge in [-0.25, -0.2) is 0 Å². The summed E-state index contributed by atoms with van der Waals surface area (Å²) in [7, 11) is 0. The van der Waals surface area contributed by atoms with Gasteiger partial charge in [0.15, 0.2) is 0 Å². The lowest BCUT2D eigenvalue weighted by atomic mass is 9.83. The van der Waals surface area contributed by atoms with Gasteiger partial charge in [0, 0.05) is 18.8 Å². The van der Waals surface area contributed by atoms with Crippen LogP contribution in [0.5, 0.6) is 5.75 Å². The molecule has 5 nitrogen and oxygen atoms in total. The number of nitrogens with one attached hydrogen (secondary N) is 1. The van der Waals surface area contributed by atoms with E-state index in [4.69, 9.17) is 4.74 Å². The molecule has 0 saturated carbocycles. The van der Waals surface area contributed by atoms with Crippen LogP contribution in [0.4, 0.5) is 5.69 Å². The van der Waals surface area contributed by atoms with Gasteiger partial charge in [-0.3, -0.25) is 9.69 Å². The van der Waals surface area contributed by atoms with E-state index in [2.05, 4.69) is 24.1 Å². The minimum atomic E-state index is -0.868. The summed E-state index contributed by atoms with van der Waals surface area (Å²) < 4.78 is 6.24. The third-order valence-corrected chi connectivity index (χ3v) is 6.16. The maximum Gasteiger partial charge on any atom is 0.238 e. The van der Waals surface area contributed by atoms with E-state index in [1.165, 1.54) is 0 Å². The Bertz CT molecular complexity index is 826. The van der Waals surface area contributed by atoms with Crippen molar-refractivity contribution in [3.8, 4) is 5.75 Å². The van der Waals surface area contributed by atoms with E-state index < -0.39 is 5.60 Å². The molecule has 31 heavy (non-hydrogen) atoms. The molecule has 0 spiro atoms. The van der Waals surface area contributed by atoms with Gasteiger partial charge in [0.05, 0.1) is 6.54 Å². The van der Waals surface area contributed by atoms with Gasteiger partial charge in [-0.15, -0.1) is 0 Å². The van der Waals surface area contributed by atoms with Crippen LogP contribution in [0.3, 0.4) is 0 Å². The number of benzene rings is 2. The van der Waals surface area contributed by atoms with Crippen LogP contribution in [0.1, 0.15) is 51.5 Å². The van der Waals surface area contributed by atoms with Crippen LogP contribution in [-0.2, 0) is 11.2 Å². The minimum Gasteiger partial charge on any atom is -0.486 e. The standard InChI is InChI=1S/C26H36N2O3/c1-3-5-11-16-26(30)17-18-28(19-24(26)31-22-13-7-6-8-14-22)20-25(29)27-23-15-10-9-12-21(23)4-2/h6-10,12-15,24,30H,3-5,11,16-20H2,1-2H3,(H,27,29)/t24-,26-/m0/s1. The highest BCUT2D eigenvalue weighted by molar-refractivity contribution is 5.93. The largest absolute Gasteiger partial charge is 0.486 e. The van der Waals surface area contributed by atoms with Crippen molar-refractivity contribution in [2.45, 2.75) is 64.1 Å². The van der Waals surface area contributed by atoms with Crippen LogP contribution < -0.4 is 10.1 Å². The second kappa shape index (κ2) is 11.3. The molecule has 0 aliphatic carbocycles. The fourth-order valence-corrected chi connectivity index (χ4v) is 4.27. The number of ether oxygens (including phenoxy) is 1. The maximum absolute atomic E-state index is 12.7. The van der Waals surface area contributed by atoms with Crippen molar-refractivity contribution in [3.05, 3.63) is 60.2 Å². The molecule has 1 heterocycles. The molecular formula is C26H36N2O3. The first kappa shape index (κ1) is 23.3. The summed E-state index contributed by atoms with van der Waals surface area (Å²) in [6, 6.07) is 17.6. The molecule has 1 fully saturated rings. The zero-order valence-corrected chi connectivity index (χ0v) is 18.8. The van der Waals surface area contributed by atoms with Crippen LogP contribution in [-0.4, -0.2) is 47.3 Å². The number of piperidine rings is 1. The summed E-state index contributed by atoms with van der Waals surface area (Å²) in [5.74, 6) is 0.723. The number of rotatable bonds is 10. The van der Waals surface area contributed by atoms with E-state index in [-0.39, 0.29) is 18.6 Å². The number of unbranched alkanes of at least 4 members (excludes halogenated alkanes) is 2. The number of para-hydroxylation sites is 2. The normalized spacial score (nSPS) is 21.6. The Hall–Kier alpha value is -2.37. The Morgan fingerprint density at radius 2 is 1.87 bits per heavy atom. The van der Waals surface area contributed by atoms with E-state index in [1.807, 2.05) is 54.6 Å². The SMILES string of the molecule is CCCCC[C@]1(O)CCN(CC(=O)Nc2ccccc2CC)C[C@@H]1Oc1ccccc1. The quantitative estimate of drug-likeness (QED) is 0.545. The molecular weight excluding hydrogens is 388 g/mol. The molecule has 2 N–H and O–H groups in total. The smallest absolute Gasteiger partial charge is 0.238 e. The number of carbonyl (C=O) groups excluding carboxylic acids is 1. The Balaban J connectivity index is 1.65. The van der Waals surface area contributed by atoms with E-state index in [0.29, 0.717) is 19.5 Å². The van der Waals surface area contributed by atoms with Crippen LogP contribution in [0.25, 0.3) is 0 Å². The van der Waals surface area contributed by atoms with Gasteiger partial charge in [0.1, 0.15) is 17.5 Å². The number of hydrogen-bond donors (Lipinski definition) is 2. The van der Waals surface area contributed by atoms with Crippen molar-refractivity contribution in [1.29, 1.82) is 0 Å². The van der Waals surface area contributed by atoms with Crippen molar-refractivity contribution in [3.63, 3.8) is 0 Å². The molecule has 1 saturated heterocycles. The Kier molecular flexibility index (Phi) is 8.50. The van der Waals surface area contributed by atoms with E-state index in [1.54, 1.807) is 0 Å². The lowest BCUT2D eigenvalue weighted by molar-refractivity contribution is -0.127. The fraction of sp³-hybridized carbons (Fsp3) is 0.500. The summed E-state index contributed by atoms with van der Waals surface area (Å²) in [6.45, 7) is 5.75. The lowest BCUT2D eigenvalue weighted by Gasteiger charge is -2.44. The number of amides is 1. The van der Waals surface area contributed by atoms with E-state index >= 15 is 0 Å². The van der Waals surface area contributed by atoms with Gasteiger partial charge in [0.2, 0.25) is 5.91 Å². The molecule has 1 amide bonds. The van der Waals surface area contributed by atoms with Crippen molar-refractivity contribution in [2.75, 3.05) is 25.0 Å². The first-order valence-corrected chi connectivity index (χ1v) is 11.6. The monoisotopic (exact) mass is 424 g/mol. The number of hydrogen-bond acceptors (Lipinski definition) is 4. The molecule has 0 unspecified atom stereocenters. The molecule has 3 rings (SSSR count). The summed E-state index contributed by atoms with van der Waals surface area (Å²) in [5, 5.41) is 14.5. The van der Waals surface area contributed by atoms with Crippen LogP contribution in [0.15, 0.2) is 54.6 Å². The van der Waals surface area contributed by atoms with Crippen LogP contribution in [0, 0.1) is 0 Å². The molecule has 0 bridgehead atoms. The number of likely N-dealkylation sites (tertiary alicyclic amines) is 1. The van der Waals surface area contributed by atoms with Crippen molar-refractivity contribution in [2.24, 2.45) is 0 Å². The molecule has 1 aliphatic rings. The highest BCUT2D eigenvalue weighted by Crippen LogP contribution is 2.31. The predicted octanol–water partition coefficient (Wildman–Crippen LogP) is 4.65. The molecule has 168 valence electrons. The zero-order valence-electron chi connectivity index (χ0n) is 18.8. The molecule has 2 aromatic rings. The second-order valence-corrected chi connectivity index (χ2v) is 8.52. The predicted molar refractivity (Wildman–Crippen MR) is 125 cm³/mol. The van der Waals surface area contributed by atoms with Gasteiger partial charge in [-0.05, 0) is 43.0 Å². The molecule has 2 aromatic carbocycles. The minimum absolute atomic E-state index is 0.0317. The van der Waals surface area contributed by atoms with Gasteiger partial charge >= 0.3 is 0 Å². The molecule has 2 atom stereocenters. The summed E-state index contributed by atoms with van der Waals surface area (Å²) in [4.78, 5) is 14.8. The third kappa shape index (κ3) is 6.55. The lowest BCUT2D eigenvalue weighted by Crippen LogP contribution is -2.58. The fourth-order valence-electron chi connectivity index (χ4n) is 4.27. The molecule has 0 radical (unpaired) electrons. The van der Waals surface area contributed by atoms with Crippen LogP contribution >= 0.6 is 0 Å². The summed E-state index contributed by atoms with van der Waals surface area (Å²) in [6.07, 6.45) is 5.04. The van der Waals surface area contributed by atoms with Gasteiger partial charge < -0.3 is 15.2 Å². The number of carbonyl (C=O) groups is 1. The summed E-state index contributed by atoms with van der Waals surface area (Å²) >= 11 is 0. The second-order valence-electron chi connectivity index (χ2n) is 8.52. The number of aliphatic hydroxyl groups is 1. The highest BCUT2D eigenvalue weighted by atomic mass is 16.5. The topological polar surface area (TPSA) is 61.8 Å². The Morgan fingerprint density at radius 3 is 2.61 bits per heavy atom. The van der Waals surface area contributed by atoms with Gasteiger partial charge in [-0.1, -0.05) is 69.5 Å². The molecule has 0 aromatic heterocycles. The molecule has 1 aliphatic heterocycles. The number of aryl methyl sites for hydroxylation is 1. The van der Waals surface area contributed by atoms with Gasteiger partial charge in [0.25, 0.3) is 0 Å². The Morgan fingerprint density at radius 1 is 1.13 bits per heavy atom. The number of nitrogens with zero attached hydrogens (tertiary/aromatic N) is 1. The van der Waals surface area contributed by atoms with Crippen molar-refractivity contribution < 1.29 is 14.6 Å². The van der Waals surface area contributed by atoms with E-state index in [9.17, 15) is 9.90 Å². The van der Waals surface area contributed by atoms with Crippen LogP contribution in [0.2, 0.25) is 0 Å². The van der Waals surface area contributed by atoms with Crippen molar-refractivity contribution >= 4 is 11.6 Å². The first-order valence-electron chi connectivity index (χ1n) is 11.6. The third-order valence-electron chi connectivity index (χ3n) is 6.16. The molecule has 5 heteroatoms. The van der Waals surface area contributed by atoms with Gasteiger partial charge in [-0.2, -0.15) is 0 Å². The first-order chi connectivity index (χ1) is 15.0. The van der Waals surface area contributed by atoms with Crippen molar-refractivity contribution in [1.82, 2.24) is 4.90 Å². The Labute approximate surface area is 186 Å². The zero-order chi connectivity index (χ0) is 22.1.